The van der Waals surface area contributed by atoms with Gasteiger partial charge < -0.3 is 13.9 Å². The Balaban J connectivity index is 1.82. The van der Waals surface area contributed by atoms with Gasteiger partial charge in [-0.2, -0.15) is 0 Å². The quantitative estimate of drug-likeness (QED) is 0.577. The first-order valence-corrected chi connectivity index (χ1v) is 7.00. The fourth-order valence-electron chi connectivity index (χ4n) is 4.45. The maximum atomic E-state index is 12.1. The Kier molecular flexibility index (Phi) is 2.08. The molecule has 4 rings (SSSR count). The molecule has 1 saturated carbocycles. The molecule has 1 aromatic heterocycles. The predicted molar refractivity (Wildman–Crippen MR) is 66.3 cm³/mol. The van der Waals surface area contributed by atoms with E-state index >= 15 is 0 Å². The standard InChI is InChI=1S/C15H18O4/c1-9-4-3-6-14(2)11(10-5-7-17-8-10)18-13(16)12-15(9,14)19-12/h5,7-9,11-12H,3-4,6H2,1-2H3/t9?,11-,12-,14+,15-/m1/s1. The van der Waals surface area contributed by atoms with Crippen LogP contribution < -0.4 is 0 Å². The van der Waals surface area contributed by atoms with Crippen molar-refractivity contribution in [1.82, 2.24) is 0 Å². The lowest BCUT2D eigenvalue weighted by Gasteiger charge is -2.49. The van der Waals surface area contributed by atoms with Crippen LogP contribution in [-0.4, -0.2) is 17.7 Å². The molecule has 1 unspecified atom stereocenters. The van der Waals surface area contributed by atoms with Crippen molar-refractivity contribution < 1.29 is 18.7 Å². The van der Waals surface area contributed by atoms with Crippen molar-refractivity contribution in [1.29, 1.82) is 0 Å². The van der Waals surface area contributed by atoms with Crippen LogP contribution in [0.4, 0.5) is 0 Å². The zero-order chi connectivity index (χ0) is 13.3. The fraction of sp³-hybridized carbons (Fsp3) is 0.667. The number of cyclic esters (lactones) is 1. The average molecular weight is 262 g/mol. The van der Waals surface area contributed by atoms with E-state index < -0.39 is 0 Å². The molecule has 2 saturated heterocycles. The highest BCUT2D eigenvalue weighted by molar-refractivity contribution is 5.82. The van der Waals surface area contributed by atoms with Gasteiger partial charge in [-0.1, -0.05) is 20.3 Å². The maximum absolute atomic E-state index is 12.1. The molecular formula is C15H18O4. The summed E-state index contributed by atoms with van der Waals surface area (Å²) in [5.41, 5.74) is 0.480. The van der Waals surface area contributed by atoms with Crippen LogP contribution >= 0.6 is 0 Å². The molecule has 4 heteroatoms. The Labute approximate surface area is 112 Å². The molecule has 102 valence electrons. The maximum Gasteiger partial charge on any atom is 0.339 e. The van der Waals surface area contributed by atoms with Gasteiger partial charge in [0.1, 0.15) is 11.7 Å². The van der Waals surface area contributed by atoms with E-state index in [0.717, 1.165) is 24.8 Å². The molecule has 0 N–H and O–H groups in total. The van der Waals surface area contributed by atoms with Crippen molar-refractivity contribution in [3.8, 4) is 0 Å². The summed E-state index contributed by atoms with van der Waals surface area (Å²) in [5.74, 6) is 0.191. The average Bonchev–Trinajstić information content (AvgIpc) is 2.94. The summed E-state index contributed by atoms with van der Waals surface area (Å²) < 4.78 is 16.8. The summed E-state index contributed by atoms with van der Waals surface area (Å²) in [6.45, 7) is 4.40. The van der Waals surface area contributed by atoms with Gasteiger partial charge in [-0.25, -0.2) is 4.79 Å². The first kappa shape index (κ1) is 11.5. The third kappa shape index (κ3) is 1.21. The smallest absolute Gasteiger partial charge is 0.339 e. The first-order chi connectivity index (χ1) is 9.09. The van der Waals surface area contributed by atoms with E-state index in [2.05, 4.69) is 13.8 Å². The molecule has 0 aromatic carbocycles. The van der Waals surface area contributed by atoms with Gasteiger partial charge in [0, 0.05) is 11.0 Å². The van der Waals surface area contributed by atoms with Crippen molar-refractivity contribution >= 4 is 5.97 Å². The van der Waals surface area contributed by atoms with E-state index in [1.54, 1.807) is 12.5 Å². The predicted octanol–water partition coefficient (Wildman–Crippen LogP) is 2.84. The van der Waals surface area contributed by atoms with E-state index in [9.17, 15) is 4.79 Å². The molecule has 3 fully saturated rings. The number of ether oxygens (including phenoxy) is 2. The van der Waals surface area contributed by atoms with Crippen LogP contribution in [0.1, 0.15) is 44.8 Å². The van der Waals surface area contributed by atoms with E-state index in [1.807, 2.05) is 6.07 Å². The highest BCUT2D eigenvalue weighted by Gasteiger charge is 2.78. The van der Waals surface area contributed by atoms with E-state index in [-0.39, 0.29) is 29.2 Å². The second-order valence-electron chi connectivity index (χ2n) is 6.38. The molecule has 4 nitrogen and oxygen atoms in total. The molecule has 5 atom stereocenters. The number of epoxide rings is 1. The zero-order valence-electron chi connectivity index (χ0n) is 11.2. The lowest BCUT2D eigenvalue weighted by Crippen LogP contribution is -2.55. The fourth-order valence-corrected chi connectivity index (χ4v) is 4.45. The van der Waals surface area contributed by atoms with E-state index in [1.165, 1.54) is 0 Å². The van der Waals surface area contributed by atoms with Crippen molar-refractivity contribution in [3.05, 3.63) is 24.2 Å². The molecule has 3 aliphatic rings. The lowest BCUT2D eigenvalue weighted by molar-refractivity contribution is -0.172. The lowest BCUT2D eigenvalue weighted by atomic mass is 9.57. The number of rotatable bonds is 1. The minimum Gasteiger partial charge on any atom is -0.472 e. The van der Waals surface area contributed by atoms with Gasteiger partial charge in [0.2, 0.25) is 0 Å². The highest BCUT2D eigenvalue weighted by atomic mass is 16.7. The molecule has 3 heterocycles. The summed E-state index contributed by atoms with van der Waals surface area (Å²) in [6, 6.07) is 1.89. The number of hydrogen-bond donors (Lipinski definition) is 0. The molecule has 0 bridgehead atoms. The Morgan fingerprint density at radius 3 is 2.95 bits per heavy atom. The van der Waals surface area contributed by atoms with Crippen LogP contribution in [0.25, 0.3) is 0 Å². The van der Waals surface area contributed by atoms with Gasteiger partial charge in [0.05, 0.1) is 12.5 Å². The Morgan fingerprint density at radius 2 is 2.21 bits per heavy atom. The van der Waals surface area contributed by atoms with Gasteiger partial charge in [-0.05, 0) is 24.8 Å². The van der Waals surface area contributed by atoms with Crippen molar-refractivity contribution in [3.63, 3.8) is 0 Å². The van der Waals surface area contributed by atoms with Crippen LogP contribution in [0.5, 0.6) is 0 Å². The Bertz CT molecular complexity index is 522. The Hall–Kier alpha value is -1.29. The number of hydrogen-bond acceptors (Lipinski definition) is 4. The van der Waals surface area contributed by atoms with Gasteiger partial charge >= 0.3 is 5.97 Å². The molecule has 0 amide bonds. The molecule has 0 radical (unpaired) electrons. The highest BCUT2D eigenvalue weighted by Crippen LogP contribution is 2.68. The van der Waals surface area contributed by atoms with Crippen molar-refractivity contribution in [2.24, 2.45) is 11.3 Å². The summed E-state index contributed by atoms with van der Waals surface area (Å²) in [7, 11) is 0. The Morgan fingerprint density at radius 1 is 1.37 bits per heavy atom. The molecule has 2 aliphatic heterocycles. The van der Waals surface area contributed by atoms with E-state index in [0.29, 0.717) is 5.92 Å². The van der Waals surface area contributed by atoms with Gasteiger partial charge in [-0.15, -0.1) is 0 Å². The minimum absolute atomic E-state index is 0.146. The molecule has 19 heavy (non-hydrogen) atoms. The largest absolute Gasteiger partial charge is 0.472 e. The van der Waals surface area contributed by atoms with Crippen LogP contribution in [0, 0.1) is 11.3 Å². The van der Waals surface area contributed by atoms with Crippen LogP contribution in [0.15, 0.2) is 23.0 Å². The van der Waals surface area contributed by atoms with Crippen molar-refractivity contribution in [2.45, 2.75) is 50.9 Å². The summed E-state index contributed by atoms with van der Waals surface area (Å²) in [6.07, 6.45) is 6.01. The molecule has 1 spiro atoms. The second kappa shape index (κ2) is 3.42. The van der Waals surface area contributed by atoms with E-state index in [4.69, 9.17) is 13.9 Å². The topological polar surface area (TPSA) is 52.0 Å². The minimum atomic E-state index is -0.351. The van der Waals surface area contributed by atoms with Crippen LogP contribution in [0.2, 0.25) is 0 Å². The summed E-state index contributed by atoms with van der Waals surface area (Å²) in [5, 5.41) is 0. The number of carbonyl (C=O) groups is 1. The number of carbonyl (C=O) groups excluding carboxylic acids is 1. The summed E-state index contributed by atoms with van der Waals surface area (Å²) >= 11 is 0. The molecule has 1 aromatic rings. The zero-order valence-corrected chi connectivity index (χ0v) is 11.2. The van der Waals surface area contributed by atoms with Crippen LogP contribution in [-0.2, 0) is 14.3 Å². The molecular weight excluding hydrogens is 244 g/mol. The number of esters is 1. The summed E-state index contributed by atoms with van der Waals surface area (Å²) in [4.78, 5) is 12.1. The van der Waals surface area contributed by atoms with Gasteiger partial charge in [0.25, 0.3) is 0 Å². The molecule has 1 aliphatic carbocycles. The third-order valence-corrected chi connectivity index (χ3v) is 5.48. The van der Waals surface area contributed by atoms with Gasteiger partial charge in [-0.3, -0.25) is 0 Å². The third-order valence-electron chi connectivity index (χ3n) is 5.48. The SMILES string of the molecule is CC1CCC[C@@]2(C)[C@@H](c3ccoc3)OC(=O)[C@H]3O[C@]132. The van der Waals surface area contributed by atoms with Crippen molar-refractivity contribution in [2.75, 3.05) is 0 Å². The van der Waals surface area contributed by atoms with Gasteiger partial charge in [0.15, 0.2) is 6.10 Å². The second-order valence-corrected chi connectivity index (χ2v) is 6.38. The first-order valence-electron chi connectivity index (χ1n) is 7.00. The number of furan rings is 1. The van der Waals surface area contributed by atoms with Crippen LogP contribution in [0.3, 0.4) is 0 Å². The monoisotopic (exact) mass is 262 g/mol. The normalized spacial score (nSPS) is 48.1.